The maximum atomic E-state index is 13.2. The second-order valence-electron chi connectivity index (χ2n) is 10.8. The Balaban J connectivity index is 1.54. The highest BCUT2D eigenvalue weighted by atomic mass is 16.7. The zero-order chi connectivity index (χ0) is 25.4. The van der Waals surface area contributed by atoms with Crippen molar-refractivity contribution in [2.75, 3.05) is 19.9 Å². The minimum Gasteiger partial charge on any atom is -0.454 e. The summed E-state index contributed by atoms with van der Waals surface area (Å²) in [6.07, 6.45) is 3.06. The van der Waals surface area contributed by atoms with Crippen LogP contribution in [0.5, 0.6) is 11.5 Å². The number of tetrazole rings is 1. The Kier molecular flexibility index (Phi) is 6.74. The summed E-state index contributed by atoms with van der Waals surface area (Å²) in [7, 11) is 0. The summed E-state index contributed by atoms with van der Waals surface area (Å²) >= 11 is 0. The Morgan fingerprint density at radius 2 is 2.00 bits per heavy atom. The van der Waals surface area contributed by atoms with Crippen molar-refractivity contribution in [2.45, 2.75) is 78.1 Å². The number of H-pyrrole nitrogens is 1. The van der Waals surface area contributed by atoms with Crippen LogP contribution in [0, 0.1) is 5.92 Å². The van der Waals surface area contributed by atoms with Crippen molar-refractivity contribution in [1.29, 1.82) is 0 Å². The predicted molar refractivity (Wildman–Crippen MR) is 135 cm³/mol. The van der Waals surface area contributed by atoms with Crippen LogP contribution in [-0.4, -0.2) is 56.1 Å². The van der Waals surface area contributed by atoms with E-state index in [-0.39, 0.29) is 36.0 Å². The number of fused-ring (bicyclic) bond motifs is 2. The monoisotopic (exact) mass is 496 g/mol. The van der Waals surface area contributed by atoms with Gasteiger partial charge in [-0.3, -0.25) is 9.69 Å². The lowest BCUT2D eigenvalue weighted by Crippen LogP contribution is -2.41. The molecule has 4 heterocycles. The van der Waals surface area contributed by atoms with E-state index in [2.05, 4.69) is 60.0 Å². The van der Waals surface area contributed by atoms with E-state index in [9.17, 15) is 4.79 Å². The summed E-state index contributed by atoms with van der Waals surface area (Å²) in [6.45, 7) is 12.9. The summed E-state index contributed by atoms with van der Waals surface area (Å²) < 4.78 is 19.0. The highest BCUT2D eigenvalue weighted by Crippen LogP contribution is 2.36. The van der Waals surface area contributed by atoms with Crippen molar-refractivity contribution in [2.24, 2.45) is 5.92 Å². The normalized spacial score (nSPS) is 18.6. The van der Waals surface area contributed by atoms with Crippen LogP contribution in [0.15, 0.2) is 23.0 Å². The number of aromatic amines is 1. The topological polar surface area (TPSA) is 107 Å². The first kappa shape index (κ1) is 24.7. The number of ether oxygens (including phenoxy) is 3. The van der Waals surface area contributed by atoms with Crippen LogP contribution in [0.3, 0.4) is 0 Å². The van der Waals surface area contributed by atoms with Gasteiger partial charge >= 0.3 is 0 Å². The molecular formula is C26H36N6O4. The van der Waals surface area contributed by atoms with E-state index in [1.165, 1.54) is 0 Å². The summed E-state index contributed by atoms with van der Waals surface area (Å²) in [4.78, 5) is 18.6. The molecule has 0 radical (unpaired) electrons. The van der Waals surface area contributed by atoms with E-state index < -0.39 is 0 Å². The SMILES string of the molecule is CCC(C)(C)n1nnnc1[C@H](C(C)C)N(Cc1cc2cc3c(cc2[nH]c1=O)OCO3)C[C@H]1CCCO1. The first-order valence-corrected chi connectivity index (χ1v) is 12.9. The maximum absolute atomic E-state index is 13.2. The van der Waals surface area contributed by atoms with Crippen LogP contribution in [0.2, 0.25) is 0 Å². The molecule has 1 aromatic carbocycles. The average Bonchev–Trinajstić information content (AvgIpc) is 3.60. The van der Waals surface area contributed by atoms with Crippen molar-refractivity contribution in [3.8, 4) is 11.5 Å². The standard InChI is InChI=1S/C26H36N6O4/c1-6-26(4,5)32-24(28-29-30-32)23(16(2)3)31(14-19-8-7-9-34-19)13-18-10-17-11-21-22(36-15-35-21)12-20(17)27-25(18)33/h10-12,16,19,23H,6-9,13-15H2,1-5H3,(H,27,33)/t19-,23+/m1/s1. The highest BCUT2D eigenvalue weighted by molar-refractivity contribution is 5.83. The van der Waals surface area contributed by atoms with Gasteiger partial charge in [0.2, 0.25) is 6.79 Å². The zero-order valence-electron chi connectivity index (χ0n) is 21.8. The molecule has 2 aliphatic rings. The molecular weight excluding hydrogens is 460 g/mol. The van der Waals surface area contributed by atoms with Crippen LogP contribution in [0.25, 0.3) is 10.9 Å². The molecule has 0 unspecified atom stereocenters. The van der Waals surface area contributed by atoms with Crippen LogP contribution in [0.4, 0.5) is 0 Å². The molecule has 2 atom stereocenters. The molecule has 10 heteroatoms. The predicted octanol–water partition coefficient (Wildman–Crippen LogP) is 3.77. The molecule has 2 aliphatic heterocycles. The molecule has 3 aromatic rings. The summed E-state index contributed by atoms with van der Waals surface area (Å²) in [5, 5.41) is 13.9. The lowest BCUT2D eigenvalue weighted by molar-refractivity contribution is 0.0368. The fraction of sp³-hybridized carbons (Fsp3) is 0.615. The van der Waals surface area contributed by atoms with Gasteiger partial charge in [-0.25, -0.2) is 4.68 Å². The van der Waals surface area contributed by atoms with Gasteiger partial charge in [-0.05, 0) is 61.6 Å². The molecule has 1 fully saturated rings. The molecule has 0 spiro atoms. The lowest BCUT2D eigenvalue weighted by atomic mass is 9.97. The van der Waals surface area contributed by atoms with Crippen LogP contribution in [0.1, 0.15) is 71.3 Å². The quantitative estimate of drug-likeness (QED) is 0.477. The molecule has 0 bridgehead atoms. The third-order valence-electron chi connectivity index (χ3n) is 7.47. The Hall–Kier alpha value is -2.98. The van der Waals surface area contributed by atoms with Crippen LogP contribution in [-0.2, 0) is 16.8 Å². The molecule has 5 rings (SSSR count). The van der Waals surface area contributed by atoms with E-state index in [0.29, 0.717) is 30.2 Å². The number of pyridine rings is 1. The summed E-state index contributed by atoms with van der Waals surface area (Å²) in [5.74, 6) is 2.36. The fourth-order valence-electron chi connectivity index (χ4n) is 5.15. The van der Waals surface area contributed by atoms with Crippen molar-refractivity contribution in [3.63, 3.8) is 0 Å². The number of hydrogen-bond donors (Lipinski definition) is 1. The van der Waals surface area contributed by atoms with E-state index >= 15 is 0 Å². The fourth-order valence-corrected chi connectivity index (χ4v) is 5.15. The average molecular weight is 497 g/mol. The van der Waals surface area contributed by atoms with Gasteiger partial charge in [0.1, 0.15) is 0 Å². The van der Waals surface area contributed by atoms with Gasteiger partial charge in [0.25, 0.3) is 5.56 Å². The number of nitrogens with one attached hydrogen (secondary N) is 1. The van der Waals surface area contributed by atoms with Gasteiger partial charge in [0.05, 0.1) is 23.2 Å². The number of rotatable bonds is 9. The highest BCUT2D eigenvalue weighted by Gasteiger charge is 2.35. The Morgan fingerprint density at radius 1 is 1.22 bits per heavy atom. The van der Waals surface area contributed by atoms with Gasteiger partial charge in [-0.1, -0.05) is 20.8 Å². The first-order chi connectivity index (χ1) is 17.3. The molecule has 2 aromatic heterocycles. The van der Waals surface area contributed by atoms with E-state index in [1.54, 1.807) is 0 Å². The molecule has 0 aliphatic carbocycles. The zero-order valence-corrected chi connectivity index (χ0v) is 21.8. The van der Waals surface area contributed by atoms with Crippen LogP contribution < -0.4 is 15.0 Å². The molecule has 0 saturated carbocycles. The number of aromatic nitrogens is 5. The van der Waals surface area contributed by atoms with Crippen molar-refractivity contribution in [3.05, 3.63) is 39.9 Å². The Labute approximate surface area is 210 Å². The molecule has 10 nitrogen and oxygen atoms in total. The van der Waals surface area contributed by atoms with Crippen molar-refractivity contribution >= 4 is 10.9 Å². The van der Waals surface area contributed by atoms with Gasteiger partial charge in [0.15, 0.2) is 17.3 Å². The smallest absolute Gasteiger partial charge is 0.252 e. The van der Waals surface area contributed by atoms with Crippen LogP contribution >= 0.6 is 0 Å². The number of nitrogens with zero attached hydrogens (tertiary/aromatic N) is 5. The molecule has 1 N–H and O–H groups in total. The summed E-state index contributed by atoms with van der Waals surface area (Å²) in [6, 6.07) is 5.60. The first-order valence-electron chi connectivity index (χ1n) is 12.9. The molecule has 1 saturated heterocycles. The third kappa shape index (κ3) is 4.71. The van der Waals surface area contributed by atoms with Gasteiger partial charge in [-0.2, -0.15) is 0 Å². The number of benzene rings is 1. The van der Waals surface area contributed by atoms with E-state index in [0.717, 1.165) is 42.6 Å². The van der Waals surface area contributed by atoms with Gasteiger partial charge in [0, 0.05) is 36.7 Å². The number of hydrogen-bond acceptors (Lipinski definition) is 8. The minimum atomic E-state index is -0.232. The third-order valence-corrected chi connectivity index (χ3v) is 7.47. The van der Waals surface area contributed by atoms with Gasteiger partial charge in [-0.15, -0.1) is 5.10 Å². The second kappa shape index (κ2) is 9.82. The second-order valence-corrected chi connectivity index (χ2v) is 10.8. The van der Waals surface area contributed by atoms with Crippen molar-refractivity contribution < 1.29 is 14.2 Å². The van der Waals surface area contributed by atoms with Gasteiger partial charge < -0.3 is 19.2 Å². The minimum absolute atomic E-state index is 0.0955. The Bertz CT molecular complexity index is 1280. The van der Waals surface area contributed by atoms with Crippen molar-refractivity contribution in [1.82, 2.24) is 30.1 Å². The molecule has 36 heavy (non-hydrogen) atoms. The summed E-state index contributed by atoms with van der Waals surface area (Å²) in [5.41, 5.74) is 1.06. The van der Waals surface area contributed by atoms with E-state index in [4.69, 9.17) is 14.2 Å². The maximum Gasteiger partial charge on any atom is 0.252 e. The largest absolute Gasteiger partial charge is 0.454 e. The lowest BCUT2D eigenvalue weighted by Gasteiger charge is -2.36. The molecule has 194 valence electrons. The Morgan fingerprint density at radius 3 is 2.69 bits per heavy atom. The molecule has 0 amide bonds. The van der Waals surface area contributed by atoms with E-state index in [1.807, 2.05) is 22.9 Å².